The van der Waals surface area contributed by atoms with Gasteiger partial charge in [-0.3, -0.25) is 4.79 Å². The third kappa shape index (κ3) is 3.72. The Morgan fingerprint density at radius 3 is 2.90 bits per heavy atom. The highest BCUT2D eigenvalue weighted by Crippen LogP contribution is 2.36. The Kier molecular flexibility index (Phi) is 5.23. The summed E-state index contributed by atoms with van der Waals surface area (Å²) in [5.41, 5.74) is 1.96. The van der Waals surface area contributed by atoms with Gasteiger partial charge in [0, 0.05) is 34.9 Å². The van der Waals surface area contributed by atoms with Gasteiger partial charge < -0.3 is 9.32 Å². The second kappa shape index (κ2) is 8.05. The lowest BCUT2D eigenvalue weighted by molar-refractivity contribution is 0.0959. The number of aryl methyl sites for hydroxylation is 1. The Morgan fingerprint density at radius 2 is 2.10 bits per heavy atom. The number of nitrogens with zero attached hydrogens (tertiary/aromatic N) is 3. The summed E-state index contributed by atoms with van der Waals surface area (Å²) in [6.07, 6.45) is 1.06. The summed E-state index contributed by atoms with van der Waals surface area (Å²) in [6.45, 7) is 2.25. The number of carbonyl (C=O) groups excluding carboxylic acids is 1. The van der Waals surface area contributed by atoms with Crippen molar-refractivity contribution in [2.45, 2.75) is 29.9 Å². The molecule has 1 amide bonds. The predicted octanol–water partition coefficient (Wildman–Crippen LogP) is 5.76. The number of fused-ring (bicyclic) bond motifs is 2. The molecule has 0 bridgehead atoms. The monoisotopic (exact) mass is 457 g/mol. The zero-order valence-corrected chi connectivity index (χ0v) is 18.2. The summed E-state index contributed by atoms with van der Waals surface area (Å²) in [5, 5.41) is 9.86. The van der Waals surface area contributed by atoms with E-state index in [2.05, 4.69) is 10.2 Å². The Labute approximate surface area is 185 Å². The van der Waals surface area contributed by atoms with Gasteiger partial charge in [-0.2, -0.15) is 0 Å². The molecule has 158 valence electrons. The zero-order valence-electron chi connectivity index (χ0n) is 16.5. The number of benzene rings is 2. The summed E-state index contributed by atoms with van der Waals surface area (Å²) in [6, 6.07) is 9.51. The third-order valence-corrected chi connectivity index (χ3v) is 7.22. The maximum Gasteiger partial charge on any atom is 0.294 e. The van der Waals surface area contributed by atoms with Crippen molar-refractivity contribution >= 4 is 45.7 Å². The third-order valence-electron chi connectivity index (χ3n) is 5.22. The molecule has 5 nitrogen and oxygen atoms in total. The van der Waals surface area contributed by atoms with Gasteiger partial charge >= 0.3 is 0 Å². The number of anilines is 1. The number of rotatable bonds is 4. The number of halogens is 2. The average Bonchev–Trinajstić information content (AvgIpc) is 3.34. The van der Waals surface area contributed by atoms with E-state index >= 15 is 0 Å². The largest absolute Gasteiger partial charge is 0.451 e. The Balaban J connectivity index is 1.55. The maximum absolute atomic E-state index is 14.3. The molecule has 0 spiro atoms. The van der Waals surface area contributed by atoms with E-state index < -0.39 is 17.5 Å². The Hall–Kier alpha value is -2.78. The quantitative estimate of drug-likeness (QED) is 0.365. The molecule has 3 heterocycles. The van der Waals surface area contributed by atoms with Crippen LogP contribution in [0.25, 0.3) is 11.0 Å². The highest BCUT2D eigenvalue weighted by atomic mass is 32.2. The number of hydrogen-bond donors (Lipinski definition) is 0. The van der Waals surface area contributed by atoms with Gasteiger partial charge in [0.25, 0.3) is 5.91 Å². The van der Waals surface area contributed by atoms with E-state index in [0.717, 1.165) is 26.4 Å². The molecular formula is C22H17F2N3O2S2. The molecule has 31 heavy (non-hydrogen) atoms. The second-order valence-corrected chi connectivity index (χ2v) is 9.63. The van der Waals surface area contributed by atoms with Crippen molar-refractivity contribution in [3.63, 3.8) is 0 Å². The van der Waals surface area contributed by atoms with Crippen LogP contribution in [0.15, 0.2) is 45.2 Å². The molecule has 0 saturated carbocycles. The number of carbonyl (C=O) groups is 1. The topological polar surface area (TPSA) is 59.2 Å². The average molecular weight is 458 g/mol. The van der Waals surface area contributed by atoms with Gasteiger partial charge in [-0.05, 0) is 31.9 Å². The predicted molar refractivity (Wildman–Crippen MR) is 117 cm³/mol. The minimum atomic E-state index is -0.706. The zero-order chi connectivity index (χ0) is 21.5. The lowest BCUT2D eigenvalue weighted by Gasteiger charge is -2.29. The number of hydrogen-bond acceptors (Lipinski definition) is 6. The Bertz CT molecular complexity index is 1300. The van der Waals surface area contributed by atoms with Crippen molar-refractivity contribution in [2.24, 2.45) is 0 Å². The normalized spacial score (nSPS) is 13.6. The minimum absolute atomic E-state index is 0.187. The van der Waals surface area contributed by atoms with Crippen molar-refractivity contribution < 1.29 is 18.0 Å². The summed E-state index contributed by atoms with van der Waals surface area (Å²) in [4.78, 5) is 15.0. The highest BCUT2D eigenvalue weighted by molar-refractivity contribution is 8.00. The molecule has 1 aliphatic rings. The first kappa shape index (κ1) is 20.1. The van der Waals surface area contributed by atoms with Crippen LogP contribution in [0.3, 0.4) is 0 Å². The molecule has 0 unspecified atom stereocenters. The van der Waals surface area contributed by atoms with Gasteiger partial charge in [-0.25, -0.2) is 8.78 Å². The minimum Gasteiger partial charge on any atom is -0.451 e. The molecule has 5 rings (SSSR count). The molecule has 9 heteroatoms. The first-order chi connectivity index (χ1) is 15.0. The van der Waals surface area contributed by atoms with E-state index in [0.29, 0.717) is 36.3 Å². The molecule has 0 aliphatic carbocycles. The smallest absolute Gasteiger partial charge is 0.294 e. The van der Waals surface area contributed by atoms with E-state index in [1.807, 2.05) is 25.1 Å². The van der Waals surface area contributed by atoms with Gasteiger partial charge in [0.2, 0.25) is 0 Å². The van der Waals surface area contributed by atoms with E-state index in [1.54, 1.807) is 6.07 Å². The molecular weight excluding hydrogens is 440 g/mol. The first-order valence-corrected chi connectivity index (χ1v) is 11.5. The second-order valence-electron chi connectivity index (χ2n) is 7.23. The molecule has 0 radical (unpaired) electrons. The standard InChI is InChI=1S/C22H17F2N3O2S2/c1-12-25-26-22(31-12)30-11-16-14-5-2-3-7-19(14)29-20(16)21(28)27-8-4-6-15-17(24)9-13(23)10-18(15)27/h2-3,5,7,9-10H,4,6,8,11H2,1H3. The number of aromatic nitrogens is 2. The fraction of sp³-hybridized carbons (Fsp3) is 0.227. The molecule has 2 aromatic heterocycles. The van der Waals surface area contributed by atoms with Gasteiger partial charge in [-0.1, -0.05) is 41.3 Å². The van der Waals surface area contributed by atoms with Crippen molar-refractivity contribution in [1.82, 2.24) is 10.2 Å². The summed E-state index contributed by atoms with van der Waals surface area (Å²) in [7, 11) is 0. The fourth-order valence-electron chi connectivity index (χ4n) is 3.83. The summed E-state index contributed by atoms with van der Waals surface area (Å²) >= 11 is 2.96. The van der Waals surface area contributed by atoms with Crippen molar-refractivity contribution in [2.75, 3.05) is 11.4 Å². The number of furan rings is 1. The van der Waals surface area contributed by atoms with Crippen molar-refractivity contribution in [1.29, 1.82) is 0 Å². The summed E-state index contributed by atoms with van der Waals surface area (Å²) in [5.74, 6) is -1.08. The van der Waals surface area contributed by atoms with Crippen LogP contribution >= 0.6 is 23.1 Å². The number of amides is 1. The molecule has 0 N–H and O–H groups in total. The van der Waals surface area contributed by atoms with E-state index in [1.165, 1.54) is 34.1 Å². The summed E-state index contributed by atoms with van der Waals surface area (Å²) < 4.78 is 35.0. The van der Waals surface area contributed by atoms with Crippen LogP contribution in [0, 0.1) is 18.6 Å². The van der Waals surface area contributed by atoms with Crippen LogP contribution in [0.1, 0.15) is 33.1 Å². The number of thioether (sulfide) groups is 1. The lowest BCUT2D eigenvalue weighted by Crippen LogP contribution is -2.36. The fourth-order valence-corrected chi connectivity index (χ4v) is 5.67. The first-order valence-electron chi connectivity index (χ1n) is 9.74. The maximum atomic E-state index is 14.3. The van der Waals surface area contributed by atoms with Crippen LogP contribution < -0.4 is 4.90 Å². The lowest BCUT2D eigenvalue weighted by atomic mass is 10.00. The molecule has 2 aromatic carbocycles. The van der Waals surface area contributed by atoms with E-state index in [4.69, 9.17) is 4.42 Å². The van der Waals surface area contributed by atoms with Crippen molar-refractivity contribution in [3.8, 4) is 0 Å². The van der Waals surface area contributed by atoms with Gasteiger partial charge in [0.1, 0.15) is 22.2 Å². The van der Waals surface area contributed by atoms with E-state index in [9.17, 15) is 13.6 Å². The molecule has 4 aromatic rings. The van der Waals surface area contributed by atoms with Crippen LogP contribution in [-0.2, 0) is 12.2 Å². The highest BCUT2D eigenvalue weighted by Gasteiger charge is 2.31. The number of para-hydroxylation sites is 1. The van der Waals surface area contributed by atoms with Gasteiger partial charge in [-0.15, -0.1) is 10.2 Å². The van der Waals surface area contributed by atoms with Crippen LogP contribution in [0.5, 0.6) is 0 Å². The van der Waals surface area contributed by atoms with Crippen LogP contribution in [-0.4, -0.2) is 22.6 Å². The van der Waals surface area contributed by atoms with Crippen molar-refractivity contribution in [3.05, 3.63) is 69.9 Å². The molecule has 0 atom stereocenters. The Morgan fingerprint density at radius 1 is 1.26 bits per heavy atom. The van der Waals surface area contributed by atoms with E-state index in [-0.39, 0.29) is 11.4 Å². The van der Waals surface area contributed by atoms with Crippen LogP contribution in [0.2, 0.25) is 0 Å². The SMILES string of the molecule is Cc1nnc(SCc2c(C(=O)N3CCCc4c(F)cc(F)cc43)oc3ccccc23)s1. The van der Waals surface area contributed by atoms with Gasteiger partial charge in [0.05, 0.1) is 5.69 Å². The van der Waals surface area contributed by atoms with Crippen LogP contribution in [0.4, 0.5) is 14.5 Å². The molecule has 0 fully saturated rings. The molecule has 0 saturated heterocycles. The molecule has 1 aliphatic heterocycles. The van der Waals surface area contributed by atoms with Gasteiger partial charge in [0.15, 0.2) is 10.1 Å².